The summed E-state index contributed by atoms with van der Waals surface area (Å²) in [4.78, 5) is 25.9. The van der Waals surface area contributed by atoms with Gasteiger partial charge in [0.2, 0.25) is 0 Å². The van der Waals surface area contributed by atoms with Gasteiger partial charge in [-0.2, -0.15) is 0 Å². The summed E-state index contributed by atoms with van der Waals surface area (Å²) in [6.45, 7) is 4.66. The smallest absolute Gasteiger partial charge is 0.305 e. The molecular formula is C28H31NO5. The van der Waals surface area contributed by atoms with E-state index in [0.717, 1.165) is 34.0 Å². The average Bonchev–Trinajstić information content (AvgIpc) is 3.29. The molecule has 6 nitrogen and oxygen atoms in total. The molecule has 34 heavy (non-hydrogen) atoms. The van der Waals surface area contributed by atoms with Gasteiger partial charge < -0.3 is 18.8 Å². The number of hydrogen-bond donors (Lipinski definition) is 0. The zero-order valence-corrected chi connectivity index (χ0v) is 20.2. The number of esters is 1. The summed E-state index contributed by atoms with van der Waals surface area (Å²) >= 11 is 0. The predicted molar refractivity (Wildman–Crippen MR) is 132 cm³/mol. The molecule has 0 spiro atoms. The number of aryl methyl sites for hydroxylation is 1. The lowest BCUT2D eigenvalue weighted by atomic mass is 10.1. The molecule has 0 N–H and O–H groups in total. The van der Waals surface area contributed by atoms with E-state index in [4.69, 9.17) is 9.15 Å². The molecule has 3 rings (SSSR count). The van der Waals surface area contributed by atoms with E-state index in [1.54, 1.807) is 11.9 Å². The molecular weight excluding hydrogens is 430 g/mol. The summed E-state index contributed by atoms with van der Waals surface area (Å²) < 4.78 is 16.3. The molecule has 3 aromatic rings. The number of amides is 1. The Labute approximate surface area is 200 Å². The predicted octanol–water partition coefficient (Wildman–Crippen LogP) is 5.81. The molecule has 0 fully saturated rings. The summed E-state index contributed by atoms with van der Waals surface area (Å²) in [6, 6.07) is 18.9. The van der Waals surface area contributed by atoms with Gasteiger partial charge in [-0.1, -0.05) is 35.9 Å². The second kappa shape index (κ2) is 11.9. The van der Waals surface area contributed by atoms with E-state index in [-0.39, 0.29) is 11.9 Å². The Morgan fingerprint density at radius 2 is 1.74 bits per heavy atom. The minimum Gasteiger partial charge on any atom is -0.489 e. The topological polar surface area (TPSA) is 69.0 Å². The van der Waals surface area contributed by atoms with E-state index in [0.29, 0.717) is 31.6 Å². The van der Waals surface area contributed by atoms with Gasteiger partial charge in [0.25, 0.3) is 5.91 Å². The van der Waals surface area contributed by atoms with Gasteiger partial charge in [0.05, 0.1) is 7.11 Å². The van der Waals surface area contributed by atoms with E-state index in [1.165, 1.54) is 7.11 Å². The van der Waals surface area contributed by atoms with Gasteiger partial charge in [0.15, 0.2) is 0 Å². The van der Waals surface area contributed by atoms with Crippen LogP contribution in [-0.4, -0.2) is 37.5 Å². The fraction of sp³-hybridized carbons (Fsp3) is 0.286. The number of carbonyl (C=O) groups is 2. The first-order chi connectivity index (χ1) is 16.4. The van der Waals surface area contributed by atoms with E-state index in [1.807, 2.05) is 80.6 Å². The molecule has 0 unspecified atom stereocenters. The number of methoxy groups -OCH3 is 1. The molecule has 0 radical (unpaired) electrons. The first-order valence-electron chi connectivity index (χ1n) is 11.2. The maximum absolute atomic E-state index is 13.0. The van der Waals surface area contributed by atoms with E-state index in [2.05, 4.69) is 4.74 Å². The highest BCUT2D eigenvalue weighted by Crippen LogP contribution is 2.24. The Bertz CT molecular complexity index is 1140. The minimum absolute atomic E-state index is 0.0736. The lowest BCUT2D eigenvalue weighted by Gasteiger charge is -2.19. The van der Waals surface area contributed by atoms with Crippen molar-refractivity contribution in [3.8, 4) is 17.1 Å². The van der Waals surface area contributed by atoms with Gasteiger partial charge in [0.1, 0.15) is 23.9 Å². The molecule has 1 heterocycles. The quantitative estimate of drug-likeness (QED) is 0.282. The first kappa shape index (κ1) is 24.8. The Kier molecular flexibility index (Phi) is 8.68. The standard InChI is InChI=1S/C28H31NO5/c1-20(9-16-27(30)32-4)17-18-33-25-8-6-5-7-24(25)19-29(3)28(31)23-13-11-22(12-14-23)26-15-10-21(2)34-26/h5-8,10-15,17H,9,16,18-19H2,1-4H3/b20-17+. The molecule has 0 saturated heterocycles. The minimum atomic E-state index is -0.225. The zero-order valence-electron chi connectivity index (χ0n) is 20.2. The van der Waals surface area contributed by atoms with Crippen molar-refractivity contribution in [3.05, 3.63) is 89.2 Å². The molecule has 178 valence electrons. The average molecular weight is 462 g/mol. The molecule has 1 aromatic heterocycles. The third-order valence-corrected chi connectivity index (χ3v) is 5.51. The first-order valence-corrected chi connectivity index (χ1v) is 11.2. The summed E-state index contributed by atoms with van der Waals surface area (Å²) in [6.07, 6.45) is 2.94. The molecule has 0 atom stereocenters. The van der Waals surface area contributed by atoms with Crippen molar-refractivity contribution in [2.24, 2.45) is 0 Å². The van der Waals surface area contributed by atoms with E-state index < -0.39 is 0 Å². The van der Waals surface area contributed by atoms with Crippen molar-refractivity contribution >= 4 is 11.9 Å². The fourth-order valence-corrected chi connectivity index (χ4v) is 3.47. The molecule has 0 bridgehead atoms. The molecule has 0 aliphatic heterocycles. The van der Waals surface area contributed by atoms with Crippen molar-refractivity contribution in [3.63, 3.8) is 0 Å². The summed E-state index contributed by atoms with van der Waals surface area (Å²) in [5, 5.41) is 0. The number of rotatable bonds is 10. The lowest BCUT2D eigenvalue weighted by molar-refractivity contribution is -0.140. The van der Waals surface area contributed by atoms with Gasteiger partial charge >= 0.3 is 5.97 Å². The van der Waals surface area contributed by atoms with Gasteiger partial charge in [0, 0.05) is 36.7 Å². The molecule has 1 amide bonds. The summed E-state index contributed by atoms with van der Waals surface area (Å²) in [7, 11) is 3.17. The van der Waals surface area contributed by atoms with Gasteiger partial charge in [-0.3, -0.25) is 9.59 Å². The normalized spacial score (nSPS) is 11.2. The van der Waals surface area contributed by atoms with Crippen LogP contribution in [0.3, 0.4) is 0 Å². The highest BCUT2D eigenvalue weighted by atomic mass is 16.5. The number of benzene rings is 2. The number of carbonyl (C=O) groups excluding carboxylic acids is 2. The highest BCUT2D eigenvalue weighted by Gasteiger charge is 2.15. The van der Waals surface area contributed by atoms with Gasteiger partial charge in [-0.15, -0.1) is 0 Å². The largest absolute Gasteiger partial charge is 0.489 e. The van der Waals surface area contributed by atoms with Crippen LogP contribution in [0.4, 0.5) is 0 Å². The molecule has 0 aliphatic rings. The number of ether oxygens (including phenoxy) is 2. The van der Waals surface area contributed by atoms with E-state index >= 15 is 0 Å². The maximum Gasteiger partial charge on any atom is 0.305 e. The number of hydrogen-bond acceptors (Lipinski definition) is 5. The van der Waals surface area contributed by atoms with Crippen LogP contribution in [0.25, 0.3) is 11.3 Å². The highest BCUT2D eigenvalue weighted by molar-refractivity contribution is 5.94. The number of furan rings is 1. The lowest BCUT2D eigenvalue weighted by Crippen LogP contribution is -2.26. The van der Waals surface area contributed by atoms with Crippen LogP contribution in [0, 0.1) is 6.92 Å². The third-order valence-electron chi connectivity index (χ3n) is 5.51. The Morgan fingerprint density at radius 3 is 2.41 bits per heavy atom. The maximum atomic E-state index is 13.0. The molecule has 6 heteroatoms. The van der Waals surface area contributed by atoms with Crippen LogP contribution < -0.4 is 4.74 Å². The molecule has 2 aromatic carbocycles. The van der Waals surface area contributed by atoms with Crippen LogP contribution in [0.15, 0.2) is 76.7 Å². The van der Waals surface area contributed by atoms with Crippen LogP contribution in [0.1, 0.15) is 41.4 Å². The Hall–Kier alpha value is -3.80. The summed E-state index contributed by atoms with van der Waals surface area (Å²) in [5.74, 6) is 2.06. The second-order valence-electron chi connectivity index (χ2n) is 8.19. The van der Waals surface area contributed by atoms with Gasteiger partial charge in [-0.05, 0) is 56.7 Å². The SMILES string of the molecule is COC(=O)CC/C(C)=C/COc1ccccc1CN(C)C(=O)c1ccc(-c2ccc(C)o2)cc1. The van der Waals surface area contributed by atoms with Gasteiger partial charge in [-0.25, -0.2) is 0 Å². The Balaban J connectivity index is 1.60. The van der Waals surface area contributed by atoms with Crippen molar-refractivity contribution < 1.29 is 23.5 Å². The third kappa shape index (κ3) is 6.85. The zero-order chi connectivity index (χ0) is 24.5. The molecule has 0 aliphatic carbocycles. The number of nitrogens with zero attached hydrogens (tertiary/aromatic N) is 1. The Morgan fingerprint density at radius 1 is 1.00 bits per heavy atom. The number of allylic oxidation sites excluding steroid dienone is 1. The second-order valence-corrected chi connectivity index (χ2v) is 8.19. The molecule has 0 saturated carbocycles. The van der Waals surface area contributed by atoms with Crippen LogP contribution >= 0.6 is 0 Å². The fourth-order valence-electron chi connectivity index (χ4n) is 3.47. The van der Waals surface area contributed by atoms with Crippen molar-refractivity contribution in [1.29, 1.82) is 0 Å². The van der Waals surface area contributed by atoms with E-state index in [9.17, 15) is 9.59 Å². The monoisotopic (exact) mass is 461 g/mol. The van der Waals surface area contributed by atoms with Crippen molar-refractivity contribution in [2.75, 3.05) is 20.8 Å². The van der Waals surface area contributed by atoms with Crippen LogP contribution in [-0.2, 0) is 16.1 Å². The van der Waals surface area contributed by atoms with Crippen LogP contribution in [0.5, 0.6) is 5.75 Å². The number of para-hydroxylation sites is 1. The van der Waals surface area contributed by atoms with Crippen molar-refractivity contribution in [2.45, 2.75) is 33.2 Å². The van der Waals surface area contributed by atoms with Crippen molar-refractivity contribution in [1.82, 2.24) is 4.90 Å². The van der Waals surface area contributed by atoms with Crippen LogP contribution in [0.2, 0.25) is 0 Å². The summed E-state index contributed by atoms with van der Waals surface area (Å²) in [5.41, 5.74) is 3.52.